The highest BCUT2D eigenvalue weighted by Crippen LogP contribution is 2.31. The first-order valence-electron chi connectivity index (χ1n) is 3.34. The van der Waals surface area contributed by atoms with Gasteiger partial charge in [-0.3, -0.25) is 0 Å². The Labute approximate surface area is 81.8 Å². The number of carbonyl (C=O) groups is 1. The molecular formula is C7H4ClF2NO3. The predicted molar refractivity (Wildman–Crippen MR) is 42.8 cm³/mol. The second-order valence-electron chi connectivity index (χ2n) is 2.33. The van der Waals surface area contributed by atoms with E-state index in [0.29, 0.717) is 0 Å². The number of halogens is 3. The molecule has 1 rings (SSSR count). The summed E-state index contributed by atoms with van der Waals surface area (Å²) in [4.78, 5) is 13.6. The summed E-state index contributed by atoms with van der Waals surface area (Å²) in [6.45, 7) is 0. The number of aromatic carboxylic acids is 1. The number of rotatable bonds is 2. The van der Waals surface area contributed by atoms with E-state index in [1.807, 2.05) is 0 Å². The van der Waals surface area contributed by atoms with Crippen molar-refractivity contribution < 1.29 is 23.8 Å². The minimum atomic E-state index is -3.08. The zero-order valence-electron chi connectivity index (χ0n) is 6.54. The first kappa shape index (κ1) is 10.6. The summed E-state index contributed by atoms with van der Waals surface area (Å²) < 4.78 is 24.4. The van der Waals surface area contributed by atoms with Gasteiger partial charge in [0.15, 0.2) is 11.4 Å². The van der Waals surface area contributed by atoms with Crippen molar-refractivity contribution in [2.45, 2.75) is 6.43 Å². The zero-order valence-corrected chi connectivity index (χ0v) is 7.29. The standard InChI is InChI=1S/C7H4ClF2NO3/c8-3-1-2(7(13)14)5(12)4(11-3)6(9)10/h1,6,12H,(H,13,14). The molecule has 1 aromatic rings. The summed E-state index contributed by atoms with van der Waals surface area (Å²) in [6, 6.07) is 0.797. The van der Waals surface area contributed by atoms with Gasteiger partial charge in [-0.2, -0.15) is 0 Å². The number of carboxylic acids is 1. The molecule has 0 aliphatic rings. The van der Waals surface area contributed by atoms with E-state index < -0.39 is 34.6 Å². The molecule has 76 valence electrons. The molecule has 0 atom stereocenters. The van der Waals surface area contributed by atoms with Gasteiger partial charge in [-0.15, -0.1) is 0 Å². The van der Waals surface area contributed by atoms with E-state index in [9.17, 15) is 13.6 Å². The quantitative estimate of drug-likeness (QED) is 0.753. The third-order valence-electron chi connectivity index (χ3n) is 1.43. The lowest BCUT2D eigenvalue weighted by atomic mass is 10.2. The van der Waals surface area contributed by atoms with E-state index in [1.165, 1.54) is 0 Å². The highest BCUT2D eigenvalue weighted by Gasteiger charge is 2.22. The van der Waals surface area contributed by atoms with Crippen LogP contribution in [0.2, 0.25) is 5.15 Å². The Morgan fingerprint density at radius 2 is 2.14 bits per heavy atom. The second kappa shape index (κ2) is 3.75. The van der Waals surface area contributed by atoms with Gasteiger partial charge in [-0.25, -0.2) is 18.6 Å². The van der Waals surface area contributed by atoms with Gasteiger partial charge in [0.25, 0.3) is 6.43 Å². The molecule has 0 fully saturated rings. The molecule has 14 heavy (non-hydrogen) atoms. The van der Waals surface area contributed by atoms with Crippen molar-refractivity contribution in [3.05, 3.63) is 22.5 Å². The van der Waals surface area contributed by atoms with Gasteiger partial charge < -0.3 is 10.2 Å². The molecule has 0 bridgehead atoms. The van der Waals surface area contributed by atoms with Crippen molar-refractivity contribution in [1.29, 1.82) is 0 Å². The van der Waals surface area contributed by atoms with Crippen LogP contribution in [0.3, 0.4) is 0 Å². The van der Waals surface area contributed by atoms with Gasteiger partial charge in [0.1, 0.15) is 10.7 Å². The minimum absolute atomic E-state index is 0.407. The molecule has 0 aliphatic heterocycles. The number of carboxylic acid groups (broad SMARTS) is 1. The molecule has 4 nitrogen and oxygen atoms in total. The maximum Gasteiger partial charge on any atom is 0.339 e. The Bertz CT molecular complexity index is 383. The van der Waals surface area contributed by atoms with Crippen LogP contribution in [0, 0.1) is 0 Å². The monoisotopic (exact) mass is 223 g/mol. The lowest BCUT2D eigenvalue weighted by Gasteiger charge is -2.05. The van der Waals surface area contributed by atoms with Crippen LogP contribution in [0.4, 0.5) is 8.78 Å². The Morgan fingerprint density at radius 1 is 1.57 bits per heavy atom. The van der Waals surface area contributed by atoms with Crippen molar-refractivity contribution in [2.24, 2.45) is 0 Å². The van der Waals surface area contributed by atoms with Crippen molar-refractivity contribution in [3.8, 4) is 5.75 Å². The van der Waals surface area contributed by atoms with Crippen molar-refractivity contribution in [2.75, 3.05) is 0 Å². The molecule has 0 spiro atoms. The number of hydrogen-bond donors (Lipinski definition) is 2. The van der Waals surface area contributed by atoms with E-state index in [4.69, 9.17) is 21.8 Å². The third kappa shape index (κ3) is 1.90. The first-order chi connectivity index (χ1) is 6.43. The van der Waals surface area contributed by atoms with Crippen LogP contribution >= 0.6 is 11.6 Å². The average molecular weight is 224 g/mol. The summed E-state index contributed by atoms with van der Waals surface area (Å²) in [7, 11) is 0. The molecule has 0 radical (unpaired) electrons. The van der Waals surface area contributed by atoms with Crippen molar-refractivity contribution >= 4 is 17.6 Å². The highest BCUT2D eigenvalue weighted by molar-refractivity contribution is 6.29. The summed E-state index contributed by atoms with van der Waals surface area (Å²) in [5.41, 5.74) is -1.73. The van der Waals surface area contributed by atoms with Crippen LogP contribution in [0.25, 0.3) is 0 Å². The average Bonchev–Trinajstić information content (AvgIpc) is 2.07. The maximum atomic E-state index is 12.2. The fraction of sp³-hybridized carbons (Fsp3) is 0.143. The third-order valence-corrected chi connectivity index (χ3v) is 1.62. The number of aromatic nitrogens is 1. The Hall–Kier alpha value is -1.43. The predicted octanol–water partition coefficient (Wildman–Crippen LogP) is 2.08. The molecule has 1 aromatic heterocycles. The van der Waals surface area contributed by atoms with Gasteiger partial charge in [0.05, 0.1) is 0 Å². The van der Waals surface area contributed by atoms with Gasteiger partial charge in [-0.1, -0.05) is 11.6 Å². The molecular weight excluding hydrogens is 220 g/mol. The zero-order chi connectivity index (χ0) is 10.9. The van der Waals surface area contributed by atoms with E-state index in [-0.39, 0.29) is 0 Å². The van der Waals surface area contributed by atoms with Crippen LogP contribution in [0.15, 0.2) is 6.07 Å². The Balaban J connectivity index is 3.40. The van der Waals surface area contributed by atoms with Crippen LogP contribution in [0.1, 0.15) is 22.5 Å². The number of aromatic hydroxyl groups is 1. The molecule has 0 saturated carbocycles. The molecule has 1 heterocycles. The minimum Gasteiger partial charge on any atom is -0.505 e. The van der Waals surface area contributed by atoms with E-state index in [1.54, 1.807) is 0 Å². The second-order valence-corrected chi connectivity index (χ2v) is 2.72. The fourth-order valence-electron chi connectivity index (χ4n) is 0.841. The lowest BCUT2D eigenvalue weighted by molar-refractivity contribution is 0.0692. The first-order valence-corrected chi connectivity index (χ1v) is 3.72. The summed E-state index contributed by atoms with van der Waals surface area (Å²) in [6.07, 6.45) is -3.08. The van der Waals surface area contributed by atoms with Gasteiger partial charge in [0.2, 0.25) is 0 Å². The maximum absolute atomic E-state index is 12.2. The highest BCUT2D eigenvalue weighted by atomic mass is 35.5. The largest absolute Gasteiger partial charge is 0.505 e. The van der Waals surface area contributed by atoms with Gasteiger partial charge in [0, 0.05) is 0 Å². The van der Waals surface area contributed by atoms with Crippen LogP contribution < -0.4 is 0 Å². The lowest BCUT2D eigenvalue weighted by Crippen LogP contribution is -2.02. The number of nitrogens with zero attached hydrogens (tertiary/aromatic N) is 1. The molecule has 0 unspecified atom stereocenters. The van der Waals surface area contributed by atoms with E-state index >= 15 is 0 Å². The SMILES string of the molecule is O=C(O)c1cc(Cl)nc(C(F)F)c1O. The molecule has 0 aliphatic carbocycles. The molecule has 7 heteroatoms. The Morgan fingerprint density at radius 3 is 2.57 bits per heavy atom. The molecule has 0 amide bonds. The fourth-order valence-corrected chi connectivity index (χ4v) is 1.04. The normalized spacial score (nSPS) is 10.6. The smallest absolute Gasteiger partial charge is 0.339 e. The Kier molecular flexibility index (Phi) is 2.85. The van der Waals surface area contributed by atoms with E-state index in [0.717, 1.165) is 6.07 Å². The van der Waals surface area contributed by atoms with Gasteiger partial charge in [-0.05, 0) is 6.07 Å². The van der Waals surface area contributed by atoms with Crippen molar-refractivity contribution in [3.63, 3.8) is 0 Å². The van der Waals surface area contributed by atoms with Gasteiger partial charge >= 0.3 is 5.97 Å². The van der Waals surface area contributed by atoms with Crippen LogP contribution in [-0.2, 0) is 0 Å². The topological polar surface area (TPSA) is 70.4 Å². The summed E-state index contributed by atoms with van der Waals surface area (Å²) in [5, 5.41) is 17.2. The number of pyridine rings is 1. The van der Waals surface area contributed by atoms with E-state index in [2.05, 4.69) is 4.98 Å². The molecule has 0 aromatic carbocycles. The number of hydrogen-bond acceptors (Lipinski definition) is 3. The molecule has 2 N–H and O–H groups in total. The number of alkyl halides is 2. The summed E-state index contributed by atoms with van der Waals surface area (Å²) in [5.74, 6) is -2.61. The van der Waals surface area contributed by atoms with Crippen molar-refractivity contribution in [1.82, 2.24) is 4.98 Å². The van der Waals surface area contributed by atoms with Crippen LogP contribution in [0.5, 0.6) is 5.75 Å². The van der Waals surface area contributed by atoms with Crippen LogP contribution in [-0.4, -0.2) is 21.2 Å². The molecule has 0 saturated heterocycles. The summed E-state index contributed by atoms with van der Waals surface area (Å²) >= 11 is 5.29.